The van der Waals surface area contributed by atoms with Crippen molar-refractivity contribution in [1.29, 1.82) is 0 Å². The first-order valence-electron chi connectivity index (χ1n) is 5.54. The Bertz CT molecular complexity index is 639. The minimum Gasteiger partial charge on any atom is -0.482 e. The highest BCUT2D eigenvalue weighted by atomic mass is 79.9. The average molecular weight is 345 g/mol. The Kier molecular flexibility index (Phi) is 4.44. The summed E-state index contributed by atoms with van der Waals surface area (Å²) in [5.41, 5.74) is -0.692. The van der Waals surface area contributed by atoms with Crippen molar-refractivity contribution in [3.63, 3.8) is 0 Å². The van der Waals surface area contributed by atoms with Crippen LogP contribution < -0.4 is 4.74 Å². The summed E-state index contributed by atoms with van der Waals surface area (Å²) >= 11 is 3.12. The number of ketones is 1. The van der Waals surface area contributed by atoms with Crippen molar-refractivity contribution in [3.05, 3.63) is 63.9 Å². The lowest BCUT2D eigenvalue weighted by Crippen LogP contribution is -2.15. The lowest BCUT2D eigenvalue weighted by atomic mass is 10.1. The van der Waals surface area contributed by atoms with Crippen molar-refractivity contribution in [3.8, 4) is 5.75 Å². The zero-order valence-electron chi connectivity index (χ0n) is 10.00. The lowest BCUT2D eigenvalue weighted by Gasteiger charge is -2.08. The van der Waals surface area contributed by atoms with Crippen molar-refractivity contribution in [2.24, 2.45) is 0 Å². The Morgan fingerprint density at radius 2 is 1.70 bits per heavy atom. The van der Waals surface area contributed by atoms with Crippen LogP contribution in [-0.2, 0) is 0 Å². The molecule has 0 spiro atoms. The maximum absolute atomic E-state index is 13.4. The third kappa shape index (κ3) is 3.19. The Morgan fingerprint density at radius 3 is 2.35 bits per heavy atom. The van der Waals surface area contributed by atoms with Gasteiger partial charge in [-0.05, 0) is 30.3 Å². The Labute approximate surface area is 121 Å². The Morgan fingerprint density at radius 1 is 1.05 bits per heavy atom. The molecule has 0 aromatic heterocycles. The van der Waals surface area contributed by atoms with Crippen molar-refractivity contribution in [2.75, 3.05) is 6.61 Å². The Balaban J connectivity index is 2.15. The van der Waals surface area contributed by atoms with E-state index in [9.17, 15) is 18.0 Å². The second kappa shape index (κ2) is 6.09. The van der Waals surface area contributed by atoms with Gasteiger partial charge in [0.05, 0.1) is 5.56 Å². The molecule has 20 heavy (non-hydrogen) atoms. The molecule has 2 rings (SSSR count). The van der Waals surface area contributed by atoms with Gasteiger partial charge in [0.25, 0.3) is 0 Å². The number of benzene rings is 2. The fraction of sp³-hybridized carbons (Fsp3) is 0.0714. The number of halogens is 4. The topological polar surface area (TPSA) is 26.3 Å². The maximum Gasteiger partial charge on any atom is 0.206 e. The molecule has 0 amide bonds. The summed E-state index contributed by atoms with van der Waals surface area (Å²) < 4.78 is 45.6. The summed E-state index contributed by atoms with van der Waals surface area (Å²) in [4.78, 5) is 11.7. The maximum atomic E-state index is 13.4. The van der Waals surface area contributed by atoms with E-state index >= 15 is 0 Å². The highest BCUT2D eigenvalue weighted by Crippen LogP contribution is 2.22. The SMILES string of the molecule is O=C(COc1cc(Br)ccc1F)c1c(F)cccc1F. The molecule has 0 atom stereocenters. The molecule has 6 heteroatoms. The van der Waals surface area contributed by atoms with Crippen LogP contribution in [0.2, 0.25) is 0 Å². The van der Waals surface area contributed by atoms with E-state index in [2.05, 4.69) is 15.9 Å². The van der Waals surface area contributed by atoms with Gasteiger partial charge in [-0.15, -0.1) is 0 Å². The van der Waals surface area contributed by atoms with Gasteiger partial charge >= 0.3 is 0 Å². The normalized spacial score (nSPS) is 10.4. The molecule has 2 aromatic carbocycles. The lowest BCUT2D eigenvalue weighted by molar-refractivity contribution is 0.0910. The highest BCUT2D eigenvalue weighted by molar-refractivity contribution is 9.10. The van der Waals surface area contributed by atoms with Gasteiger partial charge in [0, 0.05) is 4.47 Å². The fourth-order valence-corrected chi connectivity index (χ4v) is 1.91. The molecule has 0 fully saturated rings. The number of carbonyl (C=O) groups is 1. The highest BCUT2D eigenvalue weighted by Gasteiger charge is 2.18. The molecule has 0 unspecified atom stereocenters. The molecule has 2 aromatic rings. The molecule has 0 heterocycles. The number of rotatable bonds is 4. The zero-order valence-corrected chi connectivity index (χ0v) is 11.6. The van der Waals surface area contributed by atoms with Crippen LogP contribution in [0.3, 0.4) is 0 Å². The molecule has 0 saturated heterocycles. The fourth-order valence-electron chi connectivity index (χ4n) is 1.57. The molecule has 0 radical (unpaired) electrons. The molecule has 104 valence electrons. The third-order valence-corrected chi connectivity index (χ3v) is 2.99. The van der Waals surface area contributed by atoms with Gasteiger partial charge in [0.2, 0.25) is 5.78 Å². The molecular weight excluding hydrogens is 337 g/mol. The largest absolute Gasteiger partial charge is 0.482 e. The van der Waals surface area contributed by atoms with E-state index in [0.29, 0.717) is 4.47 Å². The van der Waals surface area contributed by atoms with E-state index in [1.54, 1.807) is 0 Å². The average Bonchev–Trinajstić information content (AvgIpc) is 2.39. The van der Waals surface area contributed by atoms with E-state index in [-0.39, 0.29) is 5.75 Å². The van der Waals surface area contributed by atoms with Crippen LogP contribution in [0.1, 0.15) is 10.4 Å². The quantitative estimate of drug-likeness (QED) is 0.779. The van der Waals surface area contributed by atoms with Crippen molar-refractivity contribution in [2.45, 2.75) is 0 Å². The zero-order chi connectivity index (χ0) is 14.7. The van der Waals surface area contributed by atoms with E-state index in [1.807, 2.05) is 0 Å². The molecule has 0 bridgehead atoms. The van der Waals surface area contributed by atoms with Crippen LogP contribution in [0.25, 0.3) is 0 Å². The molecule has 0 saturated carbocycles. The van der Waals surface area contributed by atoms with Crippen LogP contribution >= 0.6 is 15.9 Å². The summed E-state index contributed by atoms with van der Waals surface area (Å²) in [6.45, 7) is -0.661. The first-order valence-corrected chi connectivity index (χ1v) is 6.33. The number of hydrogen-bond acceptors (Lipinski definition) is 2. The standard InChI is InChI=1S/C14H8BrF3O2/c15-8-4-5-9(16)13(6-8)20-7-12(19)14-10(17)2-1-3-11(14)18/h1-6H,7H2. The van der Waals surface area contributed by atoms with Gasteiger partial charge in [-0.1, -0.05) is 22.0 Å². The smallest absolute Gasteiger partial charge is 0.206 e. The molecule has 0 aliphatic heterocycles. The van der Waals surface area contributed by atoms with Crippen LogP contribution in [0.5, 0.6) is 5.75 Å². The van der Waals surface area contributed by atoms with Gasteiger partial charge in [-0.2, -0.15) is 0 Å². The summed E-state index contributed by atoms with van der Waals surface area (Å²) in [6.07, 6.45) is 0. The molecule has 0 N–H and O–H groups in total. The minimum absolute atomic E-state index is 0.176. The predicted molar refractivity (Wildman–Crippen MR) is 70.3 cm³/mol. The second-order valence-corrected chi connectivity index (χ2v) is 4.80. The third-order valence-electron chi connectivity index (χ3n) is 2.49. The van der Waals surface area contributed by atoms with Gasteiger partial charge in [0.15, 0.2) is 18.2 Å². The predicted octanol–water partition coefficient (Wildman–Crippen LogP) is 4.13. The monoisotopic (exact) mass is 344 g/mol. The van der Waals surface area contributed by atoms with Crippen LogP contribution in [0.4, 0.5) is 13.2 Å². The van der Waals surface area contributed by atoms with Gasteiger partial charge in [-0.3, -0.25) is 4.79 Å². The van der Waals surface area contributed by atoms with E-state index in [1.165, 1.54) is 12.1 Å². The molecule has 2 nitrogen and oxygen atoms in total. The van der Waals surface area contributed by atoms with Crippen LogP contribution in [0.15, 0.2) is 40.9 Å². The minimum atomic E-state index is -0.978. The summed E-state index contributed by atoms with van der Waals surface area (Å²) in [7, 11) is 0. The first-order chi connectivity index (χ1) is 9.49. The van der Waals surface area contributed by atoms with Gasteiger partial charge in [0.1, 0.15) is 11.6 Å². The first kappa shape index (κ1) is 14.6. The van der Waals surface area contributed by atoms with Gasteiger partial charge in [-0.25, -0.2) is 13.2 Å². The summed E-state index contributed by atoms with van der Waals surface area (Å²) in [5, 5.41) is 0. The number of Topliss-reactive ketones (excluding diaryl/α,β-unsaturated/α-hetero) is 1. The number of ether oxygens (including phenoxy) is 1. The molecule has 0 aliphatic rings. The second-order valence-electron chi connectivity index (χ2n) is 3.88. The van der Waals surface area contributed by atoms with Crippen molar-refractivity contribution in [1.82, 2.24) is 0 Å². The van der Waals surface area contributed by atoms with Crippen LogP contribution in [0, 0.1) is 17.5 Å². The molecular formula is C14H8BrF3O2. The van der Waals surface area contributed by atoms with Crippen LogP contribution in [-0.4, -0.2) is 12.4 Å². The van der Waals surface area contributed by atoms with E-state index in [4.69, 9.17) is 4.74 Å². The van der Waals surface area contributed by atoms with Crippen molar-refractivity contribution < 1.29 is 22.7 Å². The summed E-state index contributed by atoms with van der Waals surface area (Å²) in [6, 6.07) is 7.01. The summed E-state index contributed by atoms with van der Waals surface area (Å²) in [5.74, 6) is -3.71. The van der Waals surface area contributed by atoms with Crippen molar-refractivity contribution >= 4 is 21.7 Å². The number of hydrogen-bond donors (Lipinski definition) is 0. The number of carbonyl (C=O) groups excluding carboxylic acids is 1. The van der Waals surface area contributed by atoms with E-state index < -0.39 is 35.4 Å². The molecule has 0 aliphatic carbocycles. The van der Waals surface area contributed by atoms with E-state index in [0.717, 1.165) is 24.3 Å². The Hall–Kier alpha value is -1.82. The van der Waals surface area contributed by atoms with Gasteiger partial charge < -0.3 is 4.74 Å².